The van der Waals surface area contributed by atoms with Crippen LogP contribution in [-0.4, -0.2) is 26.2 Å². The van der Waals surface area contributed by atoms with Gasteiger partial charge >= 0.3 is 6.18 Å². The highest BCUT2D eigenvalue weighted by molar-refractivity contribution is 7.98. The summed E-state index contributed by atoms with van der Waals surface area (Å²) in [6.07, 6.45) is 0.606. The number of aromatic amines is 1. The molecule has 142 valence electrons. The van der Waals surface area contributed by atoms with Crippen LogP contribution in [0.5, 0.6) is 0 Å². The van der Waals surface area contributed by atoms with E-state index in [0.29, 0.717) is 21.8 Å². The zero-order chi connectivity index (χ0) is 19.9. The largest absolute Gasteiger partial charge is 0.416 e. The Hall–Kier alpha value is -2.94. The molecule has 2 aromatic heterocycles. The molecular weight excluding hydrogens is 392 g/mol. The fourth-order valence-corrected chi connectivity index (χ4v) is 3.09. The molecular formula is C19H12F4N4S. The fourth-order valence-electron chi connectivity index (χ4n) is 2.77. The molecule has 0 spiro atoms. The molecule has 0 saturated carbocycles. The molecule has 4 nitrogen and oxygen atoms in total. The van der Waals surface area contributed by atoms with Crippen LogP contribution in [0.3, 0.4) is 0 Å². The highest BCUT2D eigenvalue weighted by Gasteiger charge is 2.30. The number of imidazole rings is 1. The number of hydrogen-bond acceptors (Lipinski definition) is 4. The summed E-state index contributed by atoms with van der Waals surface area (Å²) < 4.78 is 53.3. The van der Waals surface area contributed by atoms with E-state index < -0.39 is 17.6 Å². The molecule has 1 N–H and O–H groups in total. The molecule has 0 radical (unpaired) electrons. The Labute approximate surface area is 161 Å². The molecule has 2 aromatic carbocycles. The third-order valence-corrected chi connectivity index (χ3v) is 4.75. The summed E-state index contributed by atoms with van der Waals surface area (Å²) in [5.74, 6) is -0.395. The summed E-state index contributed by atoms with van der Waals surface area (Å²) in [6.45, 7) is 0. The lowest BCUT2D eigenvalue weighted by Gasteiger charge is -2.05. The number of aromatic nitrogens is 4. The molecule has 9 heteroatoms. The van der Waals surface area contributed by atoms with Crippen molar-refractivity contribution in [1.82, 2.24) is 19.9 Å². The molecule has 4 rings (SSSR count). The Morgan fingerprint density at radius 1 is 0.964 bits per heavy atom. The van der Waals surface area contributed by atoms with Gasteiger partial charge in [0.1, 0.15) is 11.6 Å². The number of nitrogens with one attached hydrogen (secondary N) is 1. The lowest BCUT2D eigenvalue weighted by atomic mass is 10.1. The van der Waals surface area contributed by atoms with Crippen LogP contribution in [0.1, 0.15) is 5.56 Å². The van der Waals surface area contributed by atoms with Gasteiger partial charge in [-0.1, -0.05) is 17.8 Å². The third-order valence-electron chi connectivity index (χ3n) is 4.18. The zero-order valence-electron chi connectivity index (χ0n) is 14.4. The number of benzene rings is 2. The van der Waals surface area contributed by atoms with Crippen molar-refractivity contribution >= 4 is 22.8 Å². The van der Waals surface area contributed by atoms with Gasteiger partial charge in [-0.25, -0.2) is 19.3 Å². The van der Waals surface area contributed by atoms with Crippen molar-refractivity contribution in [2.45, 2.75) is 11.3 Å². The maximum absolute atomic E-state index is 14.7. The number of halogens is 4. The topological polar surface area (TPSA) is 54.5 Å². The second-order valence-corrected chi connectivity index (χ2v) is 6.74. The maximum Gasteiger partial charge on any atom is 0.416 e. The van der Waals surface area contributed by atoms with E-state index in [2.05, 4.69) is 19.9 Å². The molecule has 28 heavy (non-hydrogen) atoms. The minimum absolute atomic E-state index is 0.160. The van der Waals surface area contributed by atoms with E-state index in [9.17, 15) is 17.6 Å². The van der Waals surface area contributed by atoms with Gasteiger partial charge in [-0.2, -0.15) is 13.2 Å². The SMILES string of the molecule is CSc1ncc(-c2ccc(-c3nc4ccc(C(F)(F)F)cc4[nH]3)c(F)c2)cn1. The summed E-state index contributed by atoms with van der Waals surface area (Å²) in [4.78, 5) is 15.3. The highest BCUT2D eigenvalue weighted by atomic mass is 32.2. The van der Waals surface area contributed by atoms with E-state index in [1.165, 1.54) is 30.0 Å². The summed E-state index contributed by atoms with van der Waals surface area (Å²) >= 11 is 1.40. The second kappa shape index (κ2) is 6.90. The van der Waals surface area contributed by atoms with Crippen molar-refractivity contribution < 1.29 is 17.6 Å². The van der Waals surface area contributed by atoms with Gasteiger partial charge in [-0.3, -0.25) is 0 Å². The first-order valence-corrected chi connectivity index (χ1v) is 9.31. The first kappa shape index (κ1) is 18.4. The smallest absolute Gasteiger partial charge is 0.338 e. The molecule has 0 aliphatic heterocycles. The maximum atomic E-state index is 14.7. The summed E-state index contributed by atoms with van der Waals surface area (Å²) in [5.41, 5.74) is 1.13. The average molecular weight is 404 g/mol. The molecule has 0 aliphatic rings. The first-order chi connectivity index (χ1) is 13.3. The summed E-state index contributed by atoms with van der Waals surface area (Å²) in [7, 11) is 0. The molecule has 4 aromatic rings. The van der Waals surface area contributed by atoms with Gasteiger partial charge in [0.05, 0.1) is 22.2 Å². The van der Waals surface area contributed by atoms with Gasteiger partial charge in [-0.15, -0.1) is 0 Å². The van der Waals surface area contributed by atoms with Crippen LogP contribution in [0.4, 0.5) is 17.6 Å². The predicted molar refractivity (Wildman–Crippen MR) is 99.3 cm³/mol. The molecule has 0 atom stereocenters. The lowest BCUT2D eigenvalue weighted by molar-refractivity contribution is -0.137. The van der Waals surface area contributed by atoms with Gasteiger partial charge in [0.15, 0.2) is 5.16 Å². The van der Waals surface area contributed by atoms with Crippen LogP contribution >= 0.6 is 11.8 Å². The number of rotatable bonds is 3. The van der Waals surface area contributed by atoms with E-state index in [0.717, 1.165) is 12.1 Å². The van der Waals surface area contributed by atoms with E-state index in [1.54, 1.807) is 18.5 Å². The number of fused-ring (bicyclic) bond motifs is 1. The monoisotopic (exact) mass is 404 g/mol. The van der Waals surface area contributed by atoms with Crippen LogP contribution in [-0.2, 0) is 6.18 Å². The van der Waals surface area contributed by atoms with Crippen molar-refractivity contribution in [2.75, 3.05) is 6.26 Å². The summed E-state index contributed by atoms with van der Waals surface area (Å²) in [5, 5.41) is 0.612. The molecule has 0 bridgehead atoms. The van der Waals surface area contributed by atoms with Crippen molar-refractivity contribution in [3.63, 3.8) is 0 Å². The van der Waals surface area contributed by atoms with Gasteiger partial charge in [0.2, 0.25) is 0 Å². The van der Waals surface area contributed by atoms with Gasteiger partial charge in [0.25, 0.3) is 0 Å². The molecule has 0 saturated heterocycles. The van der Waals surface area contributed by atoms with Crippen LogP contribution in [0.25, 0.3) is 33.5 Å². The number of hydrogen-bond donors (Lipinski definition) is 1. The molecule has 0 fully saturated rings. The van der Waals surface area contributed by atoms with Crippen molar-refractivity contribution in [1.29, 1.82) is 0 Å². The van der Waals surface area contributed by atoms with Crippen LogP contribution in [0.15, 0.2) is 53.9 Å². The van der Waals surface area contributed by atoms with Crippen LogP contribution < -0.4 is 0 Å². The Morgan fingerprint density at radius 2 is 1.71 bits per heavy atom. The molecule has 0 amide bonds. The van der Waals surface area contributed by atoms with E-state index >= 15 is 0 Å². The van der Waals surface area contributed by atoms with Crippen LogP contribution in [0.2, 0.25) is 0 Å². The van der Waals surface area contributed by atoms with Crippen molar-refractivity contribution in [3.05, 3.63) is 60.2 Å². The number of H-pyrrole nitrogens is 1. The molecule has 0 aliphatic carbocycles. The Bertz CT molecular complexity index is 1150. The van der Waals surface area contributed by atoms with Gasteiger partial charge < -0.3 is 4.98 Å². The fraction of sp³-hybridized carbons (Fsp3) is 0.105. The van der Waals surface area contributed by atoms with E-state index in [-0.39, 0.29) is 16.9 Å². The van der Waals surface area contributed by atoms with Crippen molar-refractivity contribution in [3.8, 4) is 22.5 Å². The first-order valence-electron chi connectivity index (χ1n) is 8.08. The standard InChI is InChI=1S/C19H12F4N4S/c1-28-18-24-8-11(9-25-18)10-2-4-13(14(20)6-10)17-26-15-5-3-12(19(21,22)23)7-16(15)27-17/h2-9H,1H3,(H,26,27). The highest BCUT2D eigenvalue weighted by Crippen LogP contribution is 2.32. The minimum atomic E-state index is -4.46. The normalized spacial score (nSPS) is 11.9. The average Bonchev–Trinajstić information content (AvgIpc) is 3.10. The number of nitrogens with zero attached hydrogens (tertiary/aromatic N) is 3. The summed E-state index contributed by atoms with van der Waals surface area (Å²) in [6, 6.07) is 7.70. The third kappa shape index (κ3) is 3.45. The number of thioether (sulfide) groups is 1. The van der Waals surface area contributed by atoms with E-state index in [4.69, 9.17) is 0 Å². The van der Waals surface area contributed by atoms with Crippen molar-refractivity contribution in [2.24, 2.45) is 0 Å². The van der Waals surface area contributed by atoms with Crippen LogP contribution in [0, 0.1) is 5.82 Å². The Morgan fingerprint density at radius 3 is 2.36 bits per heavy atom. The van der Waals surface area contributed by atoms with Gasteiger partial charge in [0, 0.05) is 18.0 Å². The Balaban J connectivity index is 1.71. The molecule has 0 unspecified atom stereocenters. The quantitative estimate of drug-likeness (QED) is 0.276. The second-order valence-electron chi connectivity index (χ2n) is 5.97. The predicted octanol–water partition coefficient (Wildman–Crippen LogP) is 5.57. The molecule has 2 heterocycles. The number of alkyl halides is 3. The van der Waals surface area contributed by atoms with Gasteiger partial charge in [-0.05, 0) is 42.2 Å². The van der Waals surface area contributed by atoms with E-state index in [1.807, 2.05) is 6.26 Å². The zero-order valence-corrected chi connectivity index (χ0v) is 15.2. The minimum Gasteiger partial charge on any atom is -0.338 e. The Kier molecular flexibility index (Phi) is 4.54. The lowest BCUT2D eigenvalue weighted by Crippen LogP contribution is -2.04.